The lowest BCUT2D eigenvalue weighted by Gasteiger charge is -2.38. The third-order valence-electron chi connectivity index (χ3n) is 3.51. The number of hydrogen-bond donors (Lipinski definition) is 0. The number of ether oxygens (including phenoxy) is 2. The Morgan fingerprint density at radius 3 is 2.53 bits per heavy atom. The van der Waals surface area contributed by atoms with Gasteiger partial charge in [0.05, 0.1) is 13.2 Å². The Morgan fingerprint density at radius 2 is 1.89 bits per heavy atom. The molecular weight excluding hydrogens is 242 g/mol. The molecule has 0 aromatic heterocycles. The lowest BCUT2D eigenvalue weighted by atomic mass is 10.0. The van der Waals surface area contributed by atoms with Crippen LogP contribution in [0.1, 0.15) is 19.4 Å². The zero-order valence-corrected chi connectivity index (χ0v) is 11.6. The van der Waals surface area contributed by atoms with Crippen LogP contribution in [0, 0.1) is 0 Å². The van der Waals surface area contributed by atoms with E-state index in [9.17, 15) is 4.79 Å². The van der Waals surface area contributed by atoms with E-state index < -0.39 is 5.54 Å². The molecule has 1 aromatic carbocycles. The first-order chi connectivity index (χ1) is 9.10. The minimum Gasteiger partial charge on any atom is -0.459 e. The van der Waals surface area contributed by atoms with Crippen LogP contribution in [0.25, 0.3) is 0 Å². The Morgan fingerprint density at radius 1 is 1.26 bits per heavy atom. The van der Waals surface area contributed by atoms with E-state index in [0.29, 0.717) is 19.8 Å². The molecule has 1 aliphatic rings. The topological polar surface area (TPSA) is 38.8 Å². The molecule has 0 radical (unpaired) electrons. The summed E-state index contributed by atoms with van der Waals surface area (Å²) in [6.45, 7) is 7.04. The molecule has 1 saturated heterocycles. The Balaban J connectivity index is 1.90. The standard InChI is InChI=1S/C15H21NO3/c1-15(2,16-8-10-18-11-9-16)14(17)19-12-13-6-4-3-5-7-13/h3-7H,8-12H2,1-2H3. The summed E-state index contributed by atoms with van der Waals surface area (Å²) in [5, 5.41) is 0. The molecule has 1 aliphatic heterocycles. The van der Waals surface area contributed by atoms with Gasteiger partial charge in [-0.25, -0.2) is 0 Å². The van der Waals surface area contributed by atoms with E-state index in [1.54, 1.807) is 0 Å². The van der Waals surface area contributed by atoms with Gasteiger partial charge in [0.15, 0.2) is 0 Å². The van der Waals surface area contributed by atoms with Gasteiger partial charge < -0.3 is 9.47 Å². The van der Waals surface area contributed by atoms with Gasteiger partial charge in [0.1, 0.15) is 12.1 Å². The summed E-state index contributed by atoms with van der Waals surface area (Å²) >= 11 is 0. The van der Waals surface area contributed by atoms with Gasteiger partial charge >= 0.3 is 5.97 Å². The highest BCUT2D eigenvalue weighted by Gasteiger charge is 2.36. The third kappa shape index (κ3) is 3.55. The van der Waals surface area contributed by atoms with Crippen LogP contribution in [0.15, 0.2) is 30.3 Å². The highest BCUT2D eigenvalue weighted by Crippen LogP contribution is 2.18. The van der Waals surface area contributed by atoms with Crippen LogP contribution in [-0.4, -0.2) is 42.7 Å². The molecule has 0 amide bonds. The summed E-state index contributed by atoms with van der Waals surface area (Å²) in [5.74, 6) is -0.182. The van der Waals surface area contributed by atoms with E-state index in [2.05, 4.69) is 4.90 Å². The summed E-state index contributed by atoms with van der Waals surface area (Å²) in [6.07, 6.45) is 0. The van der Waals surface area contributed by atoms with Gasteiger partial charge in [-0.2, -0.15) is 0 Å². The molecular formula is C15H21NO3. The van der Waals surface area contributed by atoms with Crippen LogP contribution in [0.2, 0.25) is 0 Å². The first-order valence-electron chi connectivity index (χ1n) is 6.64. The van der Waals surface area contributed by atoms with Gasteiger partial charge in [-0.05, 0) is 19.4 Å². The van der Waals surface area contributed by atoms with Crippen LogP contribution in [0.3, 0.4) is 0 Å². The maximum Gasteiger partial charge on any atom is 0.326 e. The van der Waals surface area contributed by atoms with Crippen molar-refractivity contribution in [3.05, 3.63) is 35.9 Å². The number of carbonyl (C=O) groups excluding carboxylic acids is 1. The van der Waals surface area contributed by atoms with Gasteiger partial charge in [-0.1, -0.05) is 30.3 Å². The van der Waals surface area contributed by atoms with Gasteiger partial charge in [-0.15, -0.1) is 0 Å². The van der Waals surface area contributed by atoms with Crippen molar-refractivity contribution in [1.82, 2.24) is 4.90 Å². The fraction of sp³-hybridized carbons (Fsp3) is 0.533. The highest BCUT2D eigenvalue weighted by atomic mass is 16.5. The second-order valence-corrected chi connectivity index (χ2v) is 5.22. The quantitative estimate of drug-likeness (QED) is 0.777. The number of benzene rings is 1. The normalized spacial score (nSPS) is 17.2. The second-order valence-electron chi connectivity index (χ2n) is 5.22. The summed E-state index contributed by atoms with van der Waals surface area (Å²) in [4.78, 5) is 14.3. The Labute approximate surface area is 114 Å². The molecule has 0 aliphatic carbocycles. The average Bonchev–Trinajstić information content (AvgIpc) is 2.46. The molecule has 0 N–H and O–H groups in total. The SMILES string of the molecule is CC(C)(C(=O)OCc1ccccc1)N1CCOCC1. The number of rotatable bonds is 4. The summed E-state index contributed by atoms with van der Waals surface area (Å²) in [6, 6.07) is 9.74. The zero-order chi connectivity index (χ0) is 13.7. The molecule has 1 fully saturated rings. The minimum absolute atomic E-state index is 0.182. The fourth-order valence-corrected chi connectivity index (χ4v) is 2.15. The Hall–Kier alpha value is -1.39. The minimum atomic E-state index is -0.599. The van der Waals surface area contributed by atoms with Crippen molar-refractivity contribution in [3.8, 4) is 0 Å². The van der Waals surface area contributed by atoms with Crippen LogP contribution >= 0.6 is 0 Å². The van der Waals surface area contributed by atoms with Gasteiger partial charge in [0.25, 0.3) is 0 Å². The first kappa shape index (κ1) is 14.0. The largest absolute Gasteiger partial charge is 0.459 e. The summed E-state index contributed by atoms with van der Waals surface area (Å²) < 4.78 is 10.7. The van der Waals surface area contributed by atoms with E-state index in [0.717, 1.165) is 18.7 Å². The monoisotopic (exact) mass is 263 g/mol. The van der Waals surface area contributed by atoms with Crippen molar-refractivity contribution in [2.75, 3.05) is 26.3 Å². The molecule has 0 bridgehead atoms. The molecule has 2 rings (SSSR count). The van der Waals surface area contributed by atoms with Gasteiger partial charge in [-0.3, -0.25) is 9.69 Å². The smallest absolute Gasteiger partial charge is 0.326 e. The molecule has 0 unspecified atom stereocenters. The van der Waals surface area contributed by atoms with Crippen LogP contribution in [-0.2, 0) is 20.9 Å². The van der Waals surface area contributed by atoms with Gasteiger partial charge in [0, 0.05) is 13.1 Å². The lowest BCUT2D eigenvalue weighted by Crippen LogP contribution is -2.55. The van der Waals surface area contributed by atoms with Crippen LogP contribution in [0.4, 0.5) is 0 Å². The van der Waals surface area contributed by atoms with Gasteiger partial charge in [0.2, 0.25) is 0 Å². The summed E-state index contributed by atoms with van der Waals surface area (Å²) in [5.41, 5.74) is 0.409. The molecule has 104 valence electrons. The molecule has 0 atom stereocenters. The Bertz CT molecular complexity index is 411. The number of carbonyl (C=O) groups is 1. The predicted octanol–water partition coefficient (Wildman–Crippen LogP) is 1.84. The maximum absolute atomic E-state index is 12.2. The van der Waals surface area contributed by atoms with E-state index in [4.69, 9.17) is 9.47 Å². The van der Waals surface area contributed by atoms with Crippen LogP contribution < -0.4 is 0 Å². The van der Waals surface area contributed by atoms with Crippen molar-refractivity contribution >= 4 is 5.97 Å². The maximum atomic E-state index is 12.2. The van der Waals surface area contributed by atoms with E-state index in [-0.39, 0.29) is 5.97 Å². The highest BCUT2D eigenvalue weighted by molar-refractivity contribution is 5.79. The van der Waals surface area contributed by atoms with E-state index in [1.807, 2.05) is 44.2 Å². The van der Waals surface area contributed by atoms with Crippen molar-refractivity contribution < 1.29 is 14.3 Å². The van der Waals surface area contributed by atoms with Crippen LogP contribution in [0.5, 0.6) is 0 Å². The second kappa shape index (κ2) is 6.17. The predicted molar refractivity (Wildman–Crippen MR) is 72.7 cm³/mol. The van der Waals surface area contributed by atoms with E-state index in [1.165, 1.54) is 0 Å². The molecule has 0 saturated carbocycles. The summed E-state index contributed by atoms with van der Waals surface area (Å²) in [7, 11) is 0. The number of nitrogens with zero attached hydrogens (tertiary/aromatic N) is 1. The molecule has 4 heteroatoms. The first-order valence-corrected chi connectivity index (χ1v) is 6.64. The molecule has 4 nitrogen and oxygen atoms in total. The van der Waals surface area contributed by atoms with Crippen molar-refractivity contribution in [3.63, 3.8) is 0 Å². The molecule has 1 aromatic rings. The molecule has 19 heavy (non-hydrogen) atoms. The Kier molecular flexibility index (Phi) is 4.56. The van der Waals surface area contributed by atoms with Crippen molar-refractivity contribution in [1.29, 1.82) is 0 Å². The number of hydrogen-bond acceptors (Lipinski definition) is 4. The third-order valence-corrected chi connectivity index (χ3v) is 3.51. The van der Waals surface area contributed by atoms with E-state index >= 15 is 0 Å². The molecule has 1 heterocycles. The lowest BCUT2D eigenvalue weighted by molar-refractivity contribution is -0.160. The fourth-order valence-electron chi connectivity index (χ4n) is 2.15. The number of esters is 1. The average molecular weight is 263 g/mol. The van der Waals surface area contributed by atoms with Crippen molar-refractivity contribution in [2.24, 2.45) is 0 Å². The van der Waals surface area contributed by atoms with Crippen molar-refractivity contribution in [2.45, 2.75) is 26.0 Å². The zero-order valence-electron chi connectivity index (χ0n) is 11.6. The number of morpholine rings is 1. The molecule has 0 spiro atoms.